The van der Waals surface area contributed by atoms with Crippen LogP contribution in [0.1, 0.15) is 23.2 Å². The predicted molar refractivity (Wildman–Crippen MR) is 72.3 cm³/mol. The van der Waals surface area contributed by atoms with E-state index in [-0.39, 0.29) is 17.3 Å². The number of nitrogens with zero attached hydrogens (tertiary/aromatic N) is 1. The smallest absolute Gasteiger partial charge is 0.337 e. The molecule has 6 heteroatoms. The Bertz CT molecular complexity index is 555. The minimum atomic E-state index is -1.29. The summed E-state index contributed by atoms with van der Waals surface area (Å²) in [5, 5.41) is 11.5. The van der Waals surface area contributed by atoms with Gasteiger partial charge >= 0.3 is 12.0 Å². The van der Waals surface area contributed by atoms with Gasteiger partial charge in [0.25, 0.3) is 0 Å². The summed E-state index contributed by atoms with van der Waals surface area (Å²) in [7, 11) is 0. The number of rotatable bonds is 5. The van der Waals surface area contributed by atoms with Crippen molar-refractivity contribution < 1.29 is 19.1 Å². The highest BCUT2D eigenvalue weighted by Crippen LogP contribution is 2.27. The second-order valence-corrected chi connectivity index (χ2v) is 4.60. The van der Waals surface area contributed by atoms with Gasteiger partial charge in [-0.15, -0.1) is 6.58 Å². The molecule has 5 nitrogen and oxygen atoms in total. The van der Waals surface area contributed by atoms with E-state index in [1.54, 1.807) is 11.0 Å². The van der Waals surface area contributed by atoms with Gasteiger partial charge in [0.05, 0.1) is 11.3 Å². The fourth-order valence-corrected chi connectivity index (χ4v) is 1.91. The number of carboxylic acid groups (broad SMARTS) is 1. The number of anilines is 1. The van der Waals surface area contributed by atoms with Crippen molar-refractivity contribution in [3.8, 4) is 0 Å². The first-order chi connectivity index (χ1) is 9.52. The maximum absolute atomic E-state index is 13.1. The molecule has 1 aromatic rings. The number of carboxylic acids is 1. The third kappa shape index (κ3) is 3.14. The lowest BCUT2D eigenvalue weighted by atomic mass is 10.1. The summed E-state index contributed by atoms with van der Waals surface area (Å²) in [6.07, 6.45) is 3.47. The van der Waals surface area contributed by atoms with Crippen LogP contribution in [0, 0.1) is 5.82 Å². The van der Waals surface area contributed by atoms with Crippen molar-refractivity contribution in [3.63, 3.8) is 0 Å². The second-order valence-electron chi connectivity index (χ2n) is 4.60. The molecule has 2 amide bonds. The van der Waals surface area contributed by atoms with Crippen molar-refractivity contribution in [2.75, 3.05) is 11.9 Å². The van der Waals surface area contributed by atoms with Gasteiger partial charge in [0.1, 0.15) is 5.82 Å². The van der Waals surface area contributed by atoms with Crippen molar-refractivity contribution in [2.45, 2.75) is 18.9 Å². The molecule has 1 aliphatic carbocycles. The van der Waals surface area contributed by atoms with Gasteiger partial charge in [0.15, 0.2) is 0 Å². The van der Waals surface area contributed by atoms with E-state index in [1.165, 1.54) is 6.07 Å². The van der Waals surface area contributed by atoms with Gasteiger partial charge in [-0.05, 0) is 31.0 Å². The zero-order valence-electron chi connectivity index (χ0n) is 10.8. The highest BCUT2D eigenvalue weighted by molar-refractivity contribution is 6.00. The number of hydrogen-bond acceptors (Lipinski definition) is 2. The van der Waals surface area contributed by atoms with Crippen molar-refractivity contribution in [2.24, 2.45) is 0 Å². The quantitative estimate of drug-likeness (QED) is 0.814. The molecule has 1 aromatic carbocycles. The molecule has 0 bridgehead atoms. The standard InChI is InChI=1S/C14H15FN2O3/c1-2-7-17(10-4-5-10)14(20)16-12-6-3-9(15)8-11(12)13(18)19/h2-3,6,8,10H,1,4-5,7H2,(H,16,20)(H,18,19). The zero-order valence-corrected chi connectivity index (χ0v) is 10.8. The van der Waals surface area contributed by atoms with Crippen LogP contribution in [0.4, 0.5) is 14.9 Å². The number of hydrogen-bond donors (Lipinski definition) is 2. The maximum Gasteiger partial charge on any atom is 0.337 e. The first-order valence-electron chi connectivity index (χ1n) is 6.24. The van der Waals surface area contributed by atoms with Crippen LogP contribution in [0.2, 0.25) is 0 Å². The summed E-state index contributed by atoms with van der Waals surface area (Å²) in [6, 6.07) is 3.00. The number of carbonyl (C=O) groups excluding carboxylic acids is 1. The molecule has 1 fully saturated rings. The molecule has 0 saturated heterocycles. The van der Waals surface area contributed by atoms with Crippen molar-refractivity contribution >= 4 is 17.7 Å². The van der Waals surface area contributed by atoms with Crippen molar-refractivity contribution in [1.29, 1.82) is 0 Å². The first-order valence-corrected chi connectivity index (χ1v) is 6.24. The number of benzene rings is 1. The third-order valence-electron chi connectivity index (χ3n) is 3.03. The van der Waals surface area contributed by atoms with E-state index < -0.39 is 17.8 Å². The normalized spacial score (nSPS) is 13.7. The van der Waals surface area contributed by atoms with E-state index in [4.69, 9.17) is 5.11 Å². The van der Waals surface area contributed by atoms with Crippen LogP contribution < -0.4 is 5.32 Å². The monoisotopic (exact) mass is 278 g/mol. The molecule has 0 aromatic heterocycles. The maximum atomic E-state index is 13.1. The van der Waals surface area contributed by atoms with Crippen LogP contribution in [0.3, 0.4) is 0 Å². The molecule has 1 aliphatic rings. The van der Waals surface area contributed by atoms with Crippen LogP contribution in [0.15, 0.2) is 30.9 Å². The van der Waals surface area contributed by atoms with E-state index in [0.29, 0.717) is 6.54 Å². The lowest BCUT2D eigenvalue weighted by molar-refractivity contribution is 0.0697. The largest absolute Gasteiger partial charge is 0.478 e. The SMILES string of the molecule is C=CCN(C(=O)Nc1ccc(F)cc1C(=O)O)C1CC1. The Labute approximate surface area is 115 Å². The summed E-state index contributed by atoms with van der Waals surface area (Å²) in [5.74, 6) is -1.95. The summed E-state index contributed by atoms with van der Waals surface area (Å²) in [4.78, 5) is 24.8. The highest BCUT2D eigenvalue weighted by Gasteiger charge is 2.32. The molecule has 0 unspecified atom stereocenters. The minimum Gasteiger partial charge on any atom is -0.478 e. The molecule has 106 valence electrons. The number of carbonyl (C=O) groups is 2. The Morgan fingerprint density at radius 1 is 1.50 bits per heavy atom. The number of halogens is 1. The molecule has 0 atom stereocenters. The number of nitrogens with one attached hydrogen (secondary N) is 1. The Kier molecular flexibility index (Phi) is 4.02. The molecule has 1 saturated carbocycles. The lowest BCUT2D eigenvalue weighted by Gasteiger charge is -2.21. The van der Waals surface area contributed by atoms with Gasteiger partial charge in [-0.3, -0.25) is 0 Å². The van der Waals surface area contributed by atoms with Crippen molar-refractivity contribution in [1.82, 2.24) is 4.90 Å². The molecule has 2 N–H and O–H groups in total. The zero-order chi connectivity index (χ0) is 14.7. The molecule has 0 radical (unpaired) electrons. The third-order valence-corrected chi connectivity index (χ3v) is 3.03. The Balaban J connectivity index is 2.18. The van der Waals surface area contributed by atoms with Crippen LogP contribution in [-0.2, 0) is 0 Å². The Morgan fingerprint density at radius 2 is 2.20 bits per heavy atom. The number of amides is 2. The second kappa shape index (κ2) is 5.73. The molecule has 20 heavy (non-hydrogen) atoms. The number of urea groups is 1. The first kappa shape index (κ1) is 14.0. The predicted octanol–water partition coefficient (Wildman–Crippen LogP) is 2.71. The summed E-state index contributed by atoms with van der Waals surface area (Å²) >= 11 is 0. The topological polar surface area (TPSA) is 69.6 Å². The molecular weight excluding hydrogens is 263 g/mol. The number of aromatic carboxylic acids is 1. The highest BCUT2D eigenvalue weighted by atomic mass is 19.1. The van der Waals surface area contributed by atoms with Crippen LogP contribution in [0.5, 0.6) is 0 Å². The summed E-state index contributed by atoms with van der Waals surface area (Å²) in [5.41, 5.74) is -0.189. The summed E-state index contributed by atoms with van der Waals surface area (Å²) < 4.78 is 13.1. The van der Waals surface area contributed by atoms with Gasteiger partial charge in [0.2, 0.25) is 0 Å². The van der Waals surface area contributed by atoms with E-state index in [1.807, 2.05) is 0 Å². The Morgan fingerprint density at radius 3 is 2.75 bits per heavy atom. The lowest BCUT2D eigenvalue weighted by Crippen LogP contribution is -2.37. The molecule has 0 heterocycles. The minimum absolute atomic E-state index is 0.0820. The van der Waals surface area contributed by atoms with Crippen molar-refractivity contribution in [3.05, 3.63) is 42.2 Å². The average molecular weight is 278 g/mol. The fraction of sp³-hybridized carbons (Fsp3) is 0.286. The van der Waals surface area contributed by atoms with Gasteiger partial charge < -0.3 is 15.3 Å². The summed E-state index contributed by atoms with van der Waals surface area (Å²) in [6.45, 7) is 3.98. The molecule has 2 rings (SSSR count). The van der Waals surface area contributed by atoms with E-state index in [9.17, 15) is 14.0 Å². The van der Waals surface area contributed by atoms with Gasteiger partial charge in [-0.25, -0.2) is 14.0 Å². The van der Waals surface area contributed by atoms with Crippen LogP contribution in [-0.4, -0.2) is 34.6 Å². The Hall–Kier alpha value is -2.37. The molecule has 0 spiro atoms. The van der Waals surface area contributed by atoms with Gasteiger partial charge in [0, 0.05) is 12.6 Å². The van der Waals surface area contributed by atoms with E-state index in [2.05, 4.69) is 11.9 Å². The van der Waals surface area contributed by atoms with Crippen LogP contribution in [0.25, 0.3) is 0 Å². The fourth-order valence-electron chi connectivity index (χ4n) is 1.91. The average Bonchev–Trinajstić information content (AvgIpc) is 3.22. The van der Waals surface area contributed by atoms with Crippen LogP contribution >= 0.6 is 0 Å². The van der Waals surface area contributed by atoms with Gasteiger partial charge in [-0.2, -0.15) is 0 Å². The molecule has 0 aliphatic heterocycles. The van der Waals surface area contributed by atoms with E-state index >= 15 is 0 Å². The van der Waals surface area contributed by atoms with Gasteiger partial charge in [-0.1, -0.05) is 6.08 Å². The van der Waals surface area contributed by atoms with E-state index in [0.717, 1.165) is 25.0 Å². The molecular formula is C14H15FN2O3.